The number of likely N-dealkylation sites (tertiary alicyclic amines) is 1. The Balaban J connectivity index is 1.12. The summed E-state index contributed by atoms with van der Waals surface area (Å²) < 4.78 is 5.61. The van der Waals surface area contributed by atoms with Crippen LogP contribution in [-0.2, 0) is 25.7 Å². The minimum absolute atomic E-state index is 0.0545. The van der Waals surface area contributed by atoms with Crippen LogP contribution >= 0.6 is 0 Å². The highest BCUT2D eigenvalue weighted by atomic mass is 16.5. The average molecular weight is 498 g/mol. The zero-order valence-corrected chi connectivity index (χ0v) is 21.3. The number of amides is 4. The summed E-state index contributed by atoms with van der Waals surface area (Å²) >= 11 is 0. The first kappa shape index (κ1) is 24.7. The Labute approximate surface area is 211 Å². The van der Waals surface area contributed by atoms with Crippen molar-refractivity contribution in [3.8, 4) is 0 Å². The molecule has 0 saturated carbocycles. The SMILES string of the molecule is CC(C)(C)OCC(=O)N1CC(N2CCN(c3ccc4c(c3)CN(C3CCC(=O)NC3=O)C4=O)CC2)C1. The van der Waals surface area contributed by atoms with Gasteiger partial charge in [-0.15, -0.1) is 0 Å². The molecule has 194 valence electrons. The maximum atomic E-state index is 12.9. The topological polar surface area (TPSA) is 102 Å². The normalized spacial score (nSPS) is 23.6. The summed E-state index contributed by atoms with van der Waals surface area (Å²) in [6.45, 7) is 11.5. The van der Waals surface area contributed by atoms with Gasteiger partial charge >= 0.3 is 0 Å². The van der Waals surface area contributed by atoms with Crippen molar-refractivity contribution in [2.45, 2.75) is 57.8 Å². The number of ether oxygens (including phenoxy) is 1. The molecule has 10 nitrogen and oxygen atoms in total. The van der Waals surface area contributed by atoms with Crippen LogP contribution in [0.3, 0.4) is 0 Å². The number of hydrogen-bond donors (Lipinski definition) is 1. The summed E-state index contributed by atoms with van der Waals surface area (Å²) in [4.78, 5) is 57.3. The van der Waals surface area contributed by atoms with Gasteiger partial charge in [0.1, 0.15) is 12.6 Å². The standard InChI is InChI=1S/C26H35N5O5/c1-26(2,3)36-16-23(33)30-14-19(15-30)29-10-8-28(9-11-29)18-4-5-20-17(12-18)13-31(25(20)35)21-6-7-22(32)27-24(21)34/h4-5,12,19,21H,6-11,13-16H2,1-3H3,(H,27,32,34). The molecule has 1 N–H and O–H groups in total. The van der Waals surface area contributed by atoms with E-state index in [4.69, 9.17) is 4.74 Å². The minimum atomic E-state index is -0.594. The van der Waals surface area contributed by atoms with E-state index in [2.05, 4.69) is 21.2 Å². The lowest BCUT2D eigenvalue weighted by Crippen LogP contribution is -2.64. The lowest BCUT2D eigenvalue weighted by Gasteiger charge is -2.48. The first-order chi connectivity index (χ1) is 17.1. The van der Waals surface area contributed by atoms with Crippen LogP contribution in [0.5, 0.6) is 0 Å². The van der Waals surface area contributed by atoms with Crippen LogP contribution in [0, 0.1) is 0 Å². The number of hydrogen-bond acceptors (Lipinski definition) is 7. The highest BCUT2D eigenvalue weighted by Gasteiger charge is 2.40. The second kappa shape index (κ2) is 9.48. The quantitative estimate of drug-likeness (QED) is 0.594. The number of carbonyl (C=O) groups is 4. The van der Waals surface area contributed by atoms with E-state index in [9.17, 15) is 19.2 Å². The van der Waals surface area contributed by atoms with Crippen molar-refractivity contribution in [1.82, 2.24) is 20.0 Å². The van der Waals surface area contributed by atoms with E-state index < -0.39 is 6.04 Å². The molecule has 1 unspecified atom stereocenters. The molecule has 1 aromatic rings. The van der Waals surface area contributed by atoms with Crippen molar-refractivity contribution in [2.75, 3.05) is 50.8 Å². The molecule has 1 atom stereocenters. The summed E-state index contributed by atoms with van der Waals surface area (Å²) in [5.41, 5.74) is 2.33. The van der Waals surface area contributed by atoms with Gasteiger partial charge in [0.25, 0.3) is 5.91 Å². The van der Waals surface area contributed by atoms with Gasteiger partial charge < -0.3 is 19.4 Å². The molecule has 5 rings (SSSR count). The number of benzene rings is 1. The van der Waals surface area contributed by atoms with Crippen LogP contribution in [0.1, 0.15) is 49.5 Å². The van der Waals surface area contributed by atoms with Crippen molar-refractivity contribution in [3.63, 3.8) is 0 Å². The van der Waals surface area contributed by atoms with Gasteiger partial charge in [-0.3, -0.25) is 29.4 Å². The van der Waals surface area contributed by atoms with Gasteiger partial charge in [-0.2, -0.15) is 0 Å². The van der Waals surface area contributed by atoms with Crippen molar-refractivity contribution >= 4 is 29.3 Å². The molecule has 0 bridgehead atoms. The molecule has 3 fully saturated rings. The van der Waals surface area contributed by atoms with Crippen LogP contribution < -0.4 is 10.2 Å². The molecule has 0 aliphatic carbocycles. The van der Waals surface area contributed by atoms with E-state index in [1.54, 1.807) is 4.90 Å². The summed E-state index contributed by atoms with van der Waals surface area (Å²) in [5, 5.41) is 2.35. The number of nitrogens with zero attached hydrogens (tertiary/aromatic N) is 4. The first-order valence-electron chi connectivity index (χ1n) is 12.8. The molecule has 10 heteroatoms. The Hall–Kier alpha value is -2.98. The van der Waals surface area contributed by atoms with Crippen molar-refractivity contribution in [3.05, 3.63) is 29.3 Å². The zero-order valence-electron chi connectivity index (χ0n) is 21.3. The molecule has 4 amide bonds. The van der Waals surface area contributed by atoms with Crippen LogP contribution in [-0.4, -0.2) is 102 Å². The number of carbonyl (C=O) groups excluding carboxylic acids is 4. The van der Waals surface area contributed by atoms with Crippen LogP contribution in [0.25, 0.3) is 0 Å². The van der Waals surface area contributed by atoms with E-state index >= 15 is 0 Å². The number of piperidine rings is 1. The third-order valence-corrected chi connectivity index (χ3v) is 7.55. The Bertz CT molecular complexity index is 1070. The Morgan fingerprint density at radius 3 is 2.47 bits per heavy atom. The van der Waals surface area contributed by atoms with Gasteiger partial charge in [0.05, 0.1) is 5.60 Å². The molecule has 0 radical (unpaired) electrons. The van der Waals surface area contributed by atoms with Crippen LogP contribution in [0.4, 0.5) is 5.69 Å². The van der Waals surface area contributed by atoms with E-state index in [1.165, 1.54) is 0 Å². The molecule has 1 aromatic carbocycles. The van der Waals surface area contributed by atoms with E-state index in [-0.39, 0.29) is 42.3 Å². The van der Waals surface area contributed by atoms with Gasteiger partial charge in [-0.1, -0.05) is 0 Å². The fourth-order valence-electron chi connectivity index (χ4n) is 5.36. The number of fused-ring (bicyclic) bond motifs is 1. The summed E-state index contributed by atoms with van der Waals surface area (Å²) in [5.74, 6) is -0.758. The fraction of sp³-hybridized carbons (Fsp3) is 0.615. The summed E-state index contributed by atoms with van der Waals surface area (Å²) in [6.07, 6.45) is 0.622. The third-order valence-electron chi connectivity index (χ3n) is 7.55. The largest absolute Gasteiger partial charge is 0.369 e. The minimum Gasteiger partial charge on any atom is -0.369 e. The highest BCUT2D eigenvalue weighted by molar-refractivity contribution is 6.05. The van der Waals surface area contributed by atoms with Crippen LogP contribution in [0.15, 0.2) is 18.2 Å². The highest BCUT2D eigenvalue weighted by Crippen LogP contribution is 2.31. The summed E-state index contributed by atoms with van der Waals surface area (Å²) in [6, 6.07) is 5.71. The number of rotatable bonds is 5. The smallest absolute Gasteiger partial charge is 0.255 e. The third kappa shape index (κ3) is 4.97. The molecule has 36 heavy (non-hydrogen) atoms. The molecule has 4 heterocycles. The monoisotopic (exact) mass is 497 g/mol. The number of imide groups is 1. The van der Waals surface area contributed by atoms with E-state index in [1.807, 2.05) is 37.8 Å². The average Bonchev–Trinajstić information content (AvgIpc) is 3.12. The van der Waals surface area contributed by atoms with E-state index in [0.29, 0.717) is 24.6 Å². The lowest BCUT2D eigenvalue weighted by molar-refractivity contribution is -0.148. The molecule has 3 saturated heterocycles. The molecular weight excluding hydrogens is 462 g/mol. The molecule has 4 aliphatic rings. The van der Waals surface area contributed by atoms with Gasteiger partial charge in [0.15, 0.2) is 0 Å². The Kier molecular flexibility index (Phi) is 6.50. The Morgan fingerprint density at radius 1 is 1.08 bits per heavy atom. The van der Waals surface area contributed by atoms with Gasteiger partial charge in [-0.05, 0) is 51.0 Å². The van der Waals surface area contributed by atoms with Crippen molar-refractivity contribution in [2.24, 2.45) is 0 Å². The maximum absolute atomic E-state index is 12.9. The predicted molar refractivity (Wildman–Crippen MR) is 132 cm³/mol. The fourth-order valence-corrected chi connectivity index (χ4v) is 5.36. The zero-order chi connectivity index (χ0) is 25.6. The van der Waals surface area contributed by atoms with Gasteiger partial charge in [0, 0.05) is 69.5 Å². The second-order valence-electron chi connectivity index (χ2n) is 11.1. The maximum Gasteiger partial charge on any atom is 0.255 e. The number of anilines is 1. The molecular formula is C26H35N5O5. The molecule has 0 aromatic heterocycles. The van der Waals surface area contributed by atoms with E-state index in [0.717, 1.165) is 50.5 Å². The van der Waals surface area contributed by atoms with Crippen molar-refractivity contribution in [1.29, 1.82) is 0 Å². The molecule has 4 aliphatic heterocycles. The van der Waals surface area contributed by atoms with Crippen LogP contribution in [0.2, 0.25) is 0 Å². The number of piperazine rings is 1. The summed E-state index contributed by atoms with van der Waals surface area (Å²) in [7, 11) is 0. The molecule has 0 spiro atoms. The van der Waals surface area contributed by atoms with Crippen molar-refractivity contribution < 1.29 is 23.9 Å². The van der Waals surface area contributed by atoms with Gasteiger partial charge in [-0.25, -0.2) is 0 Å². The lowest BCUT2D eigenvalue weighted by atomic mass is 10.0. The number of nitrogens with one attached hydrogen (secondary N) is 1. The first-order valence-corrected chi connectivity index (χ1v) is 12.8. The predicted octanol–water partition coefficient (Wildman–Crippen LogP) is 0.596. The van der Waals surface area contributed by atoms with Gasteiger partial charge in [0.2, 0.25) is 17.7 Å². The second-order valence-corrected chi connectivity index (χ2v) is 11.1. The Morgan fingerprint density at radius 2 is 1.81 bits per heavy atom.